The van der Waals surface area contributed by atoms with Crippen LogP contribution in [0.3, 0.4) is 0 Å². The molecule has 0 bridgehead atoms. The molecule has 1 aliphatic heterocycles. The van der Waals surface area contributed by atoms with Gasteiger partial charge in [0.1, 0.15) is 0 Å². The molecule has 0 amide bonds. The minimum atomic E-state index is 0.641. The molecule has 1 N–H and O–H groups in total. The maximum Gasteiger partial charge on any atom is 0.0245 e. The first-order valence-corrected chi connectivity index (χ1v) is 6.17. The molecule has 2 rings (SSSR count). The van der Waals surface area contributed by atoms with Gasteiger partial charge in [-0.2, -0.15) is 11.3 Å². The summed E-state index contributed by atoms with van der Waals surface area (Å²) < 4.78 is 0. The molecule has 1 atom stereocenters. The van der Waals surface area contributed by atoms with E-state index in [9.17, 15) is 0 Å². The first-order chi connectivity index (χ1) is 6.75. The van der Waals surface area contributed by atoms with E-state index in [1.807, 2.05) is 11.3 Å². The van der Waals surface area contributed by atoms with Crippen LogP contribution in [0.4, 0.5) is 0 Å². The number of piperazine rings is 1. The van der Waals surface area contributed by atoms with Crippen LogP contribution in [-0.2, 0) is 6.54 Å². The van der Waals surface area contributed by atoms with Gasteiger partial charge in [-0.05, 0) is 35.7 Å². The average Bonchev–Trinajstić information content (AvgIpc) is 2.52. The van der Waals surface area contributed by atoms with Gasteiger partial charge >= 0.3 is 0 Å². The summed E-state index contributed by atoms with van der Waals surface area (Å²) in [6.45, 7) is 9.07. The minimum absolute atomic E-state index is 0.641. The Balaban J connectivity index is 1.94. The Kier molecular flexibility index (Phi) is 3.21. The zero-order valence-electron chi connectivity index (χ0n) is 8.92. The lowest BCUT2D eigenvalue weighted by Gasteiger charge is -2.31. The predicted molar refractivity (Wildman–Crippen MR) is 61.8 cm³/mol. The highest BCUT2D eigenvalue weighted by atomic mass is 32.1. The van der Waals surface area contributed by atoms with E-state index in [1.54, 1.807) is 0 Å². The number of rotatable bonds is 2. The molecule has 3 heteroatoms. The van der Waals surface area contributed by atoms with Crippen LogP contribution in [0.15, 0.2) is 10.8 Å². The number of aryl methyl sites for hydroxylation is 1. The van der Waals surface area contributed by atoms with Crippen molar-refractivity contribution in [3.63, 3.8) is 0 Å². The number of hydrogen-bond donors (Lipinski definition) is 1. The molecule has 0 saturated carbocycles. The Morgan fingerprint density at radius 3 is 3.07 bits per heavy atom. The van der Waals surface area contributed by atoms with Gasteiger partial charge in [-0.25, -0.2) is 0 Å². The smallest absolute Gasteiger partial charge is 0.0245 e. The topological polar surface area (TPSA) is 15.3 Å². The van der Waals surface area contributed by atoms with Gasteiger partial charge in [-0.3, -0.25) is 4.90 Å². The van der Waals surface area contributed by atoms with Gasteiger partial charge in [-0.1, -0.05) is 0 Å². The summed E-state index contributed by atoms with van der Waals surface area (Å²) in [6.07, 6.45) is 0. The second kappa shape index (κ2) is 4.43. The molecule has 0 aliphatic carbocycles. The SMILES string of the molecule is Cc1cscc1CN1CCNC(C)C1. The Hall–Kier alpha value is -0.380. The Bertz CT molecular complexity index is 295. The van der Waals surface area contributed by atoms with Crippen LogP contribution < -0.4 is 5.32 Å². The van der Waals surface area contributed by atoms with E-state index in [2.05, 4.69) is 34.8 Å². The number of nitrogens with one attached hydrogen (secondary N) is 1. The quantitative estimate of drug-likeness (QED) is 0.801. The van der Waals surface area contributed by atoms with E-state index in [-0.39, 0.29) is 0 Å². The van der Waals surface area contributed by atoms with Gasteiger partial charge in [0.15, 0.2) is 0 Å². The van der Waals surface area contributed by atoms with Crippen molar-refractivity contribution in [2.24, 2.45) is 0 Å². The van der Waals surface area contributed by atoms with Gasteiger partial charge in [0.05, 0.1) is 0 Å². The summed E-state index contributed by atoms with van der Waals surface area (Å²) in [7, 11) is 0. The predicted octanol–water partition coefficient (Wildman–Crippen LogP) is 1.85. The highest BCUT2D eigenvalue weighted by Gasteiger charge is 2.16. The minimum Gasteiger partial charge on any atom is -0.312 e. The van der Waals surface area contributed by atoms with Gasteiger partial charge in [0, 0.05) is 32.2 Å². The monoisotopic (exact) mass is 210 g/mol. The van der Waals surface area contributed by atoms with Crippen LogP contribution in [0.1, 0.15) is 18.1 Å². The third kappa shape index (κ3) is 2.35. The van der Waals surface area contributed by atoms with E-state index in [1.165, 1.54) is 24.2 Å². The summed E-state index contributed by atoms with van der Waals surface area (Å²) in [4.78, 5) is 2.54. The van der Waals surface area contributed by atoms with Crippen molar-refractivity contribution in [1.82, 2.24) is 10.2 Å². The number of thiophene rings is 1. The van der Waals surface area contributed by atoms with Crippen molar-refractivity contribution in [2.45, 2.75) is 26.4 Å². The molecule has 1 unspecified atom stereocenters. The highest BCUT2D eigenvalue weighted by molar-refractivity contribution is 7.08. The maximum atomic E-state index is 3.47. The largest absolute Gasteiger partial charge is 0.312 e. The molecule has 2 heterocycles. The van der Waals surface area contributed by atoms with Crippen LogP contribution in [0.2, 0.25) is 0 Å². The molecular weight excluding hydrogens is 192 g/mol. The summed E-state index contributed by atoms with van der Waals surface area (Å²) in [5.41, 5.74) is 2.95. The van der Waals surface area contributed by atoms with Crippen molar-refractivity contribution in [2.75, 3.05) is 19.6 Å². The molecule has 0 aromatic carbocycles. The molecule has 0 spiro atoms. The Morgan fingerprint density at radius 2 is 2.43 bits per heavy atom. The second-order valence-electron chi connectivity index (χ2n) is 4.17. The van der Waals surface area contributed by atoms with E-state index < -0.39 is 0 Å². The number of nitrogens with zero attached hydrogens (tertiary/aromatic N) is 1. The van der Waals surface area contributed by atoms with Gasteiger partial charge < -0.3 is 5.32 Å². The van der Waals surface area contributed by atoms with Crippen molar-refractivity contribution in [3.05, 3.63) is 21.9 Å². The van der Waals surface area contributed by atoms with Crippen LogP contribution in [0.25, 0.3) is 0 Å². The molecule has 78 valence electrons. The van der Waals surface area contributed by atoms with E-state index in [0.29, 0.717) is 6.04 Å². The molecule has 1 aliphatic rings. The fraction of sp³-hybridized carbons (Fsp3) is 0.636. The summed E-state index contributed by atoms with van der Waals surface area (Å²) in [5, 5.41) is 7.98. The van der Waals surface area contributed by atoms with Gasteiger partial charge in [0.2, 0.25) is 0 Å². The average molecular weight is 210 g/mol. The molecule has 2 nitrogen and oxygen atoms in total. The highest BCUT2D eigenvalue weighted by Crippen LogP contribution is 2.16. The van der Waals surface area contributed by atoms with Crippen molar-refractivity contribution in [1.29, 1.82) is 0 Å². The van der Waals surface area contributed by atoms with Crippen molar-refractivity contribution in [3.8, 4) is 0 Å². The number of hydrogen-bond acceptors (Lipinski definition) is 3. The van der Waals surface area contributed by atoms with E-state index in [0.717, 1.165) is 13.1 Å². The van der Waals surface area contributed by atoms with E-state index >= 15 is 0 Å². The lowest BCUT2D eigenvalue weighted by atomic mass is 10.1. The Morgan fingerprint density at radius 1 is 1.57 bits per heavy atom. The van der Waals surface area contributed by atoms with Crippen molar-refractivity contribution < 1.29 is 0 Å². The Labute approximate surface area is 89.9 Å². The summed E-state index contributed by atoms with van der Waals surface area (Å²) in [6, 6.07) is 0.641. The fourth-order valence-corrected chi connectivity index (χ4v) is 2.79. The molecule has 14 heavy (non-hydrogen) atoms. The van der Waals surface area contributed by atoms with Crippen molar-refractivity contribution >= 4 is 11.3 Å². The van der Waals surface area contributed by atoms with E-state index in [4.69, 9.17) is 0 Å². The zero-order valence-corrected chi connectivity index (χ0v) is 9.73. The van der Waals surface area contributed by atoms with Crippen LogP contribution in [0.5, 0.6) is 0 Å². The van der Waals surface area contributed by atoms with Crippen LogP contribution >= 0.6 is 11.3 Å². The molecular formula is C11H18N2S. The van der Waals surface area contributed by atoms with Gasteiger partial charge in [0.25, 0.3) is 0 Å². The summed E-state index contributed by atoms with van der Waals surface area (Å²) in [5.74, 6) is 0. The molecule has 1 saturated heterocycles. The molecule has 1 aromatic rings. The lowest BCUT2D eigenvalue weighted by molar-refractivity contribution is 0.199. The molecule has 0 radical (unpaired) electrons. The third-order valence-corrected chi connectivity index (χ3v) is 3.72. The zero-order chi connectivity index (χ0) is 9.97. The maximum absolute atomic E-state index is 3.47. The lowest BCUT2D eigenvalue weighted by Crippen LogP contribution is -2.48. The molecule has 1 fully saturated rings. The van der Waals surface area contributed by atoms with Crippen LogP contribution in [0, 0.1) is 6.92 Å². The first-order valence-electron chi connectivity index (χ1n) is 5.23. The molecule has 1 aromatic heterocycles. The second-order valence-corrected chi connectivity index (χ2v) is 4.91. The normalized spacial score (nSPS) is 24.0. The fourth-order valence-electron chi connectivity index (χ4n) is 1.95. The first kappa shape index (κ1) is 10.1. The standard InChI is InChI=1S/C11H18N2S/c1-9-7-14-8-11(9)6-13-4-3-12-10(2)5-13/h7-8,10,12H,3-6H2,1-2H3. The third-order valence-electron chi connectivity index (χ3n) is 2.81. The summed E-state index contributed by atoms with van der Waals surface area (Å²) >= 11 is 1.81. The van der Waals surface area contributed by atoms with Crippen LogP contribution in [-0.4, -0.2) is 30.6 Å². The van der Waals surface area contributed by atoms with Gasteiger partial charge in [-0.15, -0.1) is 0 Å².